The first-order valence-corrected chi connectivity index (χ1v) is 14.5. The fraction of sp³-hybridized carbons (Fsp3) is 0.286. The first-order chi connectivity index (χ1) is 21.4. The Hall–Kier alpha value is -4.60. The van der Waals surface area contributed by atoms with Crippen LogP contribution in [0.15, 0.2) is 72.8 Å². The summed E-state index contributed by atoms with van der Waals surface area (Å²) in [6.07, 6.45) is 0.512. The molecule has 9 heteroatoms. The van der Waals surface area contributed by atoms with Gasteiger partial charge < -0.3 is 23.9 Å². The Kier molecular flexibility index (Phi) is 11.2. The average Bonchev–Trinajstić information content (AvgIpc) is 3.37. The van der Waals surface area contributed by atoms with Crippen molar-refractivity contribution in [1.29, 1.82) is 0 Å². The molecule has 2 heterocycles. The van der Waals surface area contributed by atoms with Crippen molar-refractivity contribution in [1.82, 2.24) is 14.5 Å². The summed E-state index contributed by atoms with van der Waals surface area (Å²) in [7, 11) is 3.28. The molecular formula is C35H38FN3O5. The van der Waals surface area contributed by atoms with Crippen molar-refractivity contribution in [2.75, 3.05) is 20.8 Å². The van der Waals surface area contributed by atoms with Gasteiger partial charge in [-0.3, -0.25) is 0 Å². The number of aromatic nitrogens is 3. The Bertz CT molecular complexity index is 1730. The number of carbonyl (C=O) groups is 1. The number of hydrogen-bond donors (Lipinski definition) is 1. The lowest BCUT2D eigenvalue weighted by Crippen LogP contribution is -2.10. The standard InChI is InChI=1S/C33H32FN3O5.C2H6/c1-21-7-8-25(27(34)15-21)20-42-32-6-4-5-28(36-32)23-10-9-22(26(16-23)19-41-3)18-31-35-29-12-11-24(33(38)39)17-30(29)37(31)13-14-40-2;1-2/h4-12,15-17H,13-14,18-20H2,1-3H3,(H,38,39);1-2H3. The van der Waals surface area contributed by atoms with E-state index in [1.54, 1.807) is 44.6 Å². The molecule has 2 aromatic heterocycles. The number of pyridine rings is 1. The minimum atomic E-state index is -0.985. The third-order valence-corrected chi connectivity index (χ3v) is 7.05. The molecule has 0 amide bonds. The smallest absolute Gasteiger partial charge is 0.335 e. The highest BCUT2D eigenvalue weighted by molar-refractivity contribution is 5.92. The molecule has 0 atom stereocenters. The van der Waals surface area contributed by atoms with Crippen LogP contribution in [0, 0.1) is 12.7 Å². The summed E-state index contributed by atoms with van der Waals surface area (Å²) in [4.78, 5) is 21.1. The maximum absolute atomic E-state index is 14.3. The average molecular weight is 600 g/mol. The van der Waals surface area contributed by atoms with Crippen molar-refractivity contribution in [3.05, 3.63) is 112 Å². The van der Waals surface area contributed by atoms with Gasteiger partial charge in [0.05, 0.1) is 35.5 Å². The molecule has 230 valence electrons. The molecule has 0 aliphatic carbocycles. The second-order valence-electron chi connectivity index (χ2n) is 10.0. The SMILES string of the molecule is CC.COCCn1c(Cc2ccc(-c3cccc(OCc4ccc(C)cc4F)n3)cc2COC)nc2ccc(C(=O)O)cc21. The Morgan fingerprint density at radius 2 is 1.68 bits per heavy atom. The van der Waals surface area contributed by atoms with Crippen molar-refractivity contribution in [3.63, 3.8) is 0 Å². The van der Waals surface area contributed by atoms with Gasteiger partial charge >= 0.3 is 5.97 Å². The monoisotopic (exact) mass is 599 g/mol. The summed E-state index contributed by atoms with van der Waals surface area (Å²) in [6, 6.07) is 21.6. The molecule has 0 saturated carbocycles. The Balaban J connectivity index is 0.00000216. The number of halogens is 1. The zero-order valence-corrected chi connectivity index (χ0v) is 25.8. The van der Waals surface area contributed by atoms with Gasteiger partial charge in [0.2, 0.25) is 5.88 Å². The maximum atomic E-state index is 14.3. The minimum absolute atomic E-state index is 0.0778. The third kappa shape index (κ3) is 7.67. The number of nitrogens with zero attached hydrogens (tertiary/aromatic N) is 3. The quantitative estimate of drug-likeness (QED) is 0.162. The molecule has 8 nitrogen and oxygen atoms in total. The van der Waals surface area contributed by atoms with Gasteiger partial charge in [0, 0.05) is 44.4 Å². The molecule has 0 aliphatic heterocycles. The lowest BCUT2D eigenvalue weighted by molar-refractivity contribution is 0.0697. The summed E-state index contributed by atoms with van der Waals surface area (Å²) in [5.41, 5.74) is 6.60. The van der Waals surface area contributed by atoms with Crippen molar-refractivity contribution in [3.8, 4) is 17.1 Å². The van der Waals surface area contributed by atoms with Gasteiger partial charge in [-0.25, -0.2) is 19.2 Å². The van der Waals surface area contributed by atoms with Crippen LogP contribution in [0.25, 0.3) is 22.3 Å². The van der Waals surface area contributed by atoms with Crippen molar-refractivity contribution >= 4 is 17.0 Å². The topological polar surface area (TPSA) is 95.7 Å². The molecular weight excluding hydrogens is 561 g/mol. The second-order valence-corrected chi connectivity index (χ2v) is 10.0. The van der Waals surface area contributed by atoms with E-state index in [9.17, 15) is 14.3 Å². The largest absolute Gasteiger partial charge is 0.478 e. The number of hydrogen-bond acceptors (Lipinski definition) is 6. The Morgan fingerprint density at radius 1 is 0.886 bits per heavy atom. The van der Waals surface area contributed by atoms with Crippen molar-refractivity contribution in [2.24, 2.45) is 0 Å². The highest BCUT2D eigenvalue weighted by atomic mass is 19.1. The summed E-state index contributed by atoms with van der Waals surface area (Å²) >= 11 is 0. The summed E-state index contributed by atoms with van der Waals surface area (Å²) in [5, 5.41) is 9.49. The lowest BCUT2D eigenvalue weighted by Gasteiger charge is -2.14. The molecule has 5 rings (SSSR count). The fourth-order valence-corrected chi connectivity index (χ4v) is 4.87. The zero-order chi connectivity index (χ0) is 31.6. The van der Waals surface area contributed by atoms with Crippen LogP contribution in [-0.2, 0) is 35.7 Å². The molecule has 44 heavy (non-hydrogen) atoms. The number of carboxylic acids is 1. The number of ether oxygens (including phenoxy) is 3. The predicted octanol–water partition coefficient (Wildman–Crippen LogP) is 7.23. The summed E-state index contributed by atoms with van der Waals surface area (Å²) in [6.45, 7) is 7.30. The predicted molar refractivity (Wildman–Crippen MR) is 169 cm³/mol. The van der Waals surface area contributed by atoms with E-state index in [4.69, 9.17) is 19.2 Å². The van der Waals surface area contributed by atoms with Gasteiger partial charge in [-0.15, -0.1) is 0 Å². The molecule has 0 unspecified atom stereocenters. The molecule has 0 saturated heterocycles. The van der Waals surface area contributed by atoms with Crippen molar-refractivity contribution < 1.29 is 28.5 Å². The van der Waals surface area contributed by atoms with E-state index in [1.807, 2.05) is 61.7 Å². The van der Waals surface area contributed by atoms with Crippen LogP contribution in [0.2, 0.25) is 0 Å². The van der Waals surface area contributed by atoms with Gasteiger partial charge in [0.25, 0.3) is 0 Å². The van der Waals surface area contributed by atoms with E-state index >= 15 is 0 Å². The van der Waals surface area contributed by atoms with Gasteiger partial charge in [-0.1, -0.05) is 44.2 Å². The fourth-order valence-electron chi connectivity index (χ4n) is 4.87. The number of methoxy groups -OCH3 is 2. The first kappa shape index (κ1) is 32.3. The second kappa shape index (κ2) is 15.2. The molecule has 0 fully saturated rings. The highest BCUT2D eigenvalue weighted by Gasteiger charge is 2.16. The molecule has 0 bridgehead atoms. The number of carboxylic acid groups (broad SMARTS) is 1. The van der Waals surface area contributed by atoms with Crippen LogP contribution in [0.5, 0.6) is 5.88 Å². The van der Waals surface area contributed by atoms with Gasteiger partial charge in [-0.2, -0.15) is 0 Å². The van der Waals surface area contributed by atoms with Crippen LogP contribution in [-0.4, -0.2) is 46.4 Å². The minimum Gasteiger partial charge on any atom is -0.478 e. The van der Waals surface area contributed by atoms with E-state index in [-0.39, 0.29) is 18.0 Å². The van der Waals surface area contributed by atoms with Crippen LogP contribution in [0.3, 0.4) is 0 Å². The van der Waals surface area contributed by atoms with Crippen LogP contribution in [0.4, 0.5) is 4.39 Å². The first-order valence-electron chi connectivity index (χ1n) is 14.5. The number of fused-ring (bicyclic) bond motifs is 1. The number of aromatic carboxylic acids is 1. The van der Waals surface area contributed by atoms with Crippen LogP contribution >= 0.6 is 0 Å². The Morgan fingerprint density at radius 3 is 2.41 bits per heavy atom. The van der Waals surface area contributed by atoms with Gasteiger partial charge in [-0.05, 0) is 60.0 Å². The van der Waals surface area contributed by atoms with E-state index in [0.717, 1.165) is 39.1 Å². The normalized spacial score (nSPS) is 10.9. The molecule has 5 aromatic rings. The number of benzene rings is 3. The van der Waals surface area contributed by atoms with Crippen LogP contribution in [0.1, 0.15) is 52.3 Å². The van der Waals surface area contributed by atoms with Gasteiger partial charge in [0.15, 0.2) is 0 Å². The van der Waals surface area contributed by atoms with Crippen LogP contribution < -0.4 is 4.74 Å². The van der Waals surface area contributed by atoms with Crippen molar-refractivity contribution in [2.45, 2.75) is 47.0 Å². The Labute approximate surface area is 257 Å². The zero-order valence-electron chi connectivity index (χ0n) is 25.8. The van der Waals surface area contributed by atoms with E-state index < -0.39 is 5.97 Å². The highest BCUT2D eigenvalue weighted by Crippen LogP contribution is 2.27. The molecule has 3 aromatic carbocycles. The number of imidazole rings is 1. The lowest BCUT2D eigenvalue weighted by atomic mass is 9.99. The molecule has 0 spiro atoms. The number of aryl methyl sites for hydroxylation is 1. The molecule has 0 radical (unpaired) electrons. The number of rotatable bonds is 12. The molecule has 0 aliphatic rings. The maximum Gasteiger partial charge on any atom is 0.335 e. The molecule has 1 N–H and O–H groups in total. The van der Waals surface area contributed by atoms with E-state index in [0.29, 0.717) is 43.3 Å². The van der Waals surface area contributed by atoms with E-state index in [1.165, 1.54) is 6.07 Å². The third-order valence-electron chi connectivity index (χ3n) is 7.05. The van der Waals surface area contributed by atoms with Gasteiger partial charge in [0.1, 0.15) is 18.2 Å². The van der Waals surface area contributed by atoms with E-state index in [2.05, 4.69) is 4.98 Å². The summed E-state index contributed by atoms with van der Waals surface area (Å²) in [5.74, 6) is -0.0886. The summed E-state index contributed by atoms with van der Waals surface area (Å²) < 4.78 is 32.9.